The number of hydrogen-bond acceptors (Lipinski definition) is 2. The number of rotatable bonds is 3. The van der Waals surface area contributed by atoms with Crippen molar-refractivity contribution in [2.24, 2.45) is 5.92 Å². The molecule has 1 fully saturated rings. The van der Waals surface area contributed by atoms with E-state index >= 15 is 0 Å². The smallest absolute Gasteiger partial charge is 0.0401 e. The Morgan fingerprint density at radius 2 is 2.17 bits per heavy atom. The maximum Gasteiger partial charge on any atom is 0.0401 e. The lowest BCUT2D eigenvalue weighted by Crippen LogP contribution is -2.45. The molecule has 0 aromatic heterocycles. The number of nitrogens with one attached hydrogen (secondary N) is 1. The van der Waals surface area contributed by atoms with Crippen LogP contribution in [0.3, 0.4) is 0 Å². The SMILES string of the molecule is CNCC1CCN(c2ccc(Br)cc2C)C1(C)C. The molecule has 2 nitrogen and oxygen atoms in total. The van der Waals surface area contributed by atoms with Crippen molar-refractivity contribution < 1.29 is 0 Å². The second kappa shape index (κ2) is 5.22. The highest BCUT2D eigenvalue weighted by molar-refractivity contribution is 9.10. The summed E-state index contributed by atoms with van der Waals surface area (Å²) in [7, 11) is 2.05. The zero-order valence-electron chi connectivity index (χ0n) is 11.8. The van der Waals surface area contributed by atoms with E-state index in [0.717, 1.165) is 17.6 Å². The van der Waals surface area contributed by atoms with E-state index in [0.29, 0.717) is 5.92 Å². The third kappa shape index (κ3) is 2.43. The van der Waals surface area contributed by atoms with Gasteiger partial charge in [-0.25, -0.2) is 0 Å². The van der Waals surface area contributed by atoms with Crippen molar-refractivity contribution in [3.05, 3.63) is 28.2 Å². The van der Waals surface area contributed by atoms with Crippen molar-refractivity contribution in [1.29, 1.82) is 0 Å². The summed E-state index contributed by atoms with van der Waals surface area (Å²) >= 11 is 3.54. The van der Waals surface area contributed by atoms with Crippen LogP contribution in [-0.2, 0) is 0 Å². The van der Waals surface area contributed by atoms with Crippen LogP contribution in [0.4, 0.5) is 5.69 Å². The van der Waals surface area contributed by atoms with Crippen LogP contribution in [0.2, 0.25) is 0 Å². The van der Waals surface area contributed by atoms with Crippen LogP contribution in [0.25, 0.3) is 0 Å². The summed E-state index contributed by atoms with van der Waals surface area (Å²) in [5.41, 5.74) is 2.95. The number of aryl methyl sites for hydroxylation is 1. The second-order valence-corrected chi connectivity index (χ2v) is 6.70. The molecule has 0 bridgehead atoms. The summed E-state index contributed by atoms with van der Waals surface area (Å²) in [5.74, 6) is 0.713. The van der Waals surface area contributed by atoms with Crippen LogP contribution in [0.5, 0.6) is 0 Å². The minimum absolute atomic E-state index is 0.224. The first-order valence-electron chi connectivity index (χ1n) is 6.65. The number of hydrogen-bond donors (Lipinski definition) is 1. The lowest BCUT2D eigenvalue weighted by atomic mass is 9.88. The van der Waals surface area contributed by atoms with Gasteiger partial charge in [-0.2, -0.15) is 0 Å². The number of halogens is 1. The average Bonchev–Trinajstić information content (AvgIpc) is 2.56. The van der Waals surface area contributed by atoms with E-state index in [1.54, 1.807) is 0 Å². The summed E-state index contributed by atoms with van der Waals surface area (Å²) in [6, 6.07) is 6.59. The molecule has 1 saturated heterocycles. The van der Waals surface area contributed by atoms with E-state index in [4.69, 9.17) is 0 Å². The van der Waals surface area contributed by atoms with Gasteiger partial charge >= 0.3 is 0 Å². The van der Waals surface area contributed by atoms with Gasteiger partial charge in [-0.3, -0.25) is 0 Å². The van der Waals surface area contributed by atoms with Crippen molar-refractivity contribution in [1.82, 2.24) is 5.32 Å². The molecule has 1 aromatic carbocycles. The van der Waals surface area contributed by atoms with Crippen molar-refractivity contribution >= 4 is 21.6 Å². The molecule has 1 unspecified atom stereocenters. The quantitative estimate of drug-likeness (QED) is 0.918. The lowest BCUT2D eigenvalue weighted by molar-refractivity contribution is 0.356. The highest BCUT2D eigenvalue weighted by Crippen LogP contribution is 2.39. The molecule has 18 heavy (non-hydrogen) atoms. The lowest BCUT2D eigenvalue weighted by Gasteiger charge is -2.38. The van der Waals surface area contributed by atoms with Gasteiger partial charge in [0.25, 0.3) is 0 Å². The normalized spacial score (nSPS) is 22.5. The Kier molecular flexibility index (Phi) is 4.02. The topological polar surface area (TPSA) is 15.3 Å². The van der Waals surface area contributed by atoms with E-state index in [2.05, 4.69) is 65.1 Å². The highest BCUT2D eigenvalue weighted by Gasteiger charge is 2.41. The van der Waals surface area contributed by atoms with Gasteiger partial charge in [0.1, 0.15) is 0 Å². The molecule has 0 aliphatic carbocycles. The Hall–Kier alpha value is -0.540. The molecule has 1 atom stereocenters. The summed E-state index contributed by atoms with van der Waals surface area (Å²) < 4.78 is 1.16. The predicted molar refractivity (Wildman–Crippen MR) is 82.3 cm³/mol. The first-order valence-corrected chi connectivity index (χ1v) is 7.44. The molecule has 1 aliphatic heterocycles. The average molecular weight is 311 g/mol. The molecular formula is C15H23BrN2. The van der Waals surface area contributed by atoms with E-state index in [-0.39, 0.29) is 5.54 Å². The van der Waals surface area contributed by atoms with Gasteiger partial charge in [0.15, 0.2) is 0 Å². The molecule has 0 amide bonds. The fourth-order valence-corrected chi connectivity index (χ4v) is 3.57. The van der Waals surface area contributed by atoms with Gasteiger partial charge in [0.05, 0.1) is 0 Å². The molecule has 1 aromatic rings. The third-order valence-corrected chi connectivity index (χ3v) is 4.79. The largest absolute Gasteiger partial charge is 0.366 e. The number of nitrogens with zero attached hydrogens (tertiary/aromatic N) is 1. The molecule has 2 rings (SSSR count). The molecule has 3 heteroatoms. The van der Waals surface area contributed by atoms with Crippen LogP contribution in [0.15, 0.2) is 22.7 Å². The first-order chi connectivity index (χ1) is 8.46. The monoisotopic (exact) mass is 310 g/mol. The van der Waals surface area contributed by atoms with Gasteiger partial charge in [-0.1, -0.05) is 15.9 Å². The molecule has 1 heterocycles. The number of anilines is 1. The molecule has 0 spiro atoms. The van der Waals surface area contributed by atoms with Crippen LogP contribution < -0.4 is 10.2 Å². The Bertz CT molecular complexity index is 429. The van der Waals surface area contributed by atoms with E-state index in [1.807, 2.05) is 7.05 Å². The fraction of sp³-hybridized carbons (Fsp3) is 0.600. The van der Waals surface area contributed by atoms with Gasteiger partial charge in [-0.15, -0.1) is 0 Å². The predicted octanol–water partition coefficient (Wildman–Crippen LogP) is 3.58. The maximum atomic E-state index is 3.54. The van der Waals surface area contributed by atoms with Crippen LogP contribution in [-0.4, -0.2) is 25.7 Å². The molecule has 0 saturated carbocycles. The Morgan fingerprint density at radius 1 is 1.44 bits per heavy atom. The minimum atomic E-state index is 0.224. The van der Waals surface area contributed by atoms with Crippen LogP contribution >= 0.6 is 15.9 Å². The Labute approximate surface area is 119 Å². The number of benzene rings is 1. The molecule has 0 radical (unpaired) electrons. The first kappa shape index (κ1) is 13.9. The van der Waals surface area contributed by atoms with Gasteiger partial charge in [-0.05, 0) is 70.5 Å². The molecular weight excluding hydrogens is 288 g/mol. The van der Waals surface area contributed by atoms with E-state index < -0.39 is 0 Å². The van der Waals surface area contributed by atoms with Crippen molar-refractivity contribution in [3.63, 3.8) is 0 Å². The summed E-state index contributed by atoms with van der Waals surface area (Å²) in [6.45, 7) is 9.18. The van der Waals surface area contributed by atoms with Gasteiger partial charge in [0, 0.05) is 22.2 Å². The molecule has 1 N–H and O–H groups in total. The van der Waals surface area contributed by atoms with Gasteiger partial charge in [0.2, 0.25) is 0 Å². The Balaban J connectivity index is 2.29. The highest BCUT2D eigenvalue weighted by atomic mass is 79.9. The van der Waals surface area contributed by atoms with Gasteiger partial charge < -0.3 is 10.2 Å². The van der Waals surface area contributed by atoms with Crippen LogP contribution in [0.1, 0.15) is 25.8 Å². The summed E-state index contributed by atoms with van der Waals surface area (Å²) in [6.07, 6.45) is 1.27. The maximum absolute atomic E-state index is 3.54. The zero-order chi connectivity index (χ0) is 13.3. The van der Waals surface area contributed by atoms with Crippen molar-refractivity contribution in [3.8, 4) is 0 Å². The Morgan fingerprint density at radius 3 is 2.78 bits per heavy atom. The standard InChI is InChI=1S/C15H23BrN2/c1-11-9-13(16)5-6-14(11)18-8-7-12(10-17-4)15(18,2)3/h5-6,9,12,17H,7-8,10H2,1-4H3. The van der Waals surface area contributed by atoms with Crippen molar-refractivity contribution in [2.75, 3.05) is 25.0 Å². The summed E-state index contributed by atoms with van der Waals surface area (Å²) in [5, 5.41) is 3.33. The van der Waals surface area contributed by atoms with E-state index in [1.165, 1.54) is 17.7 Å². The van der Waals surface area contributed by atoms with Crippen LogP contribution in [0, 0.1) is 12.8 Å². The summed E-state index contributed by atoms with van der Waals surface area (Å²) in [4.78, 5) is 2.57. The van der Waals surface area contributed by atoms with E-state index in [9.17, 15) is 0 Å². The minimum Gasteiger partial charge on any atom is -0.366 e. The zero-order valence-corrected chi connectivity index (χ0v) is 13.3. The third-order valence-electron chi connectivity index (χ3n) is 4.30. The van der Waals surface area contributed by atoms with Crippen molar-refractivity contribution in [2.45, 2.75) is 32.7 Å². The fourth-order valence-electron chi connectivity index (χ4n) is 3.10. The molecule has 100 valence electrons. The molecule has 1 aliphatic rings. The second-order valence-electron chi connectivity index (χ2n) is 5.78.